The third kappa shape index (κ3) is 3.35. The number of aromatic nitrogens is 1. The molecule has 0 radical (unpaired) electrons. The Balaban J connectivity index is 2.19. The lowest BCUT2D eigenvalue weighted by Crippen LogP contribution is -2.26. The van der Waals surface area contributed by atoms with E-state index in [2.05, 4.69) is 20.9 Å². The third-order valence-electron chi connectivity index (χ3n) is 2.73. The van der Waals surface area contributed by atoms with Gasteiger partial charge in [-0.1, -0.05) is 11.6 Å². The Morgan fingerprint density at radius 3 is 2.95 bits per heavy atom. The van der Waals surface area contributed by atoms with E-state index in [0.29, 0.717) is 12.1 Å². The topological polar surface area (TPSA) is 33.2 Å². The van der Waals surface area contributed by atoms with E-state index in [-0.39, 0.29) is 11.1 Å². The second-order valence-electron chi connectivity index (χ2n) is 4.18. The summed E-state index contributed by atoms with van der Waals surface area (Å²) in [5.74, 6) is -0.133. The highest BCUT2D eigenvalue weighted by atomic mass is 79.9. The molecule has 0 bridgehead atoms. The minimum absolute atomic E-state index is 0.133. The molecule has 0 fully saturated rings. The second kappa shape index (κ2) is 6.03. The molecule has 0 spiro atoms. The maximum atomic E-state index is 12.3. The first kappa shape index (κ1) is 14.5. The Labute approximate surface area is 129 Å². The lowest BCUT2D eigenvalue weighted by molar-refractivity contribution is 0.0786. The predicted molar refractivity (Wildman–Crippen MR) is 81.8 cm³/mol. The molecular formula is C13H12BrClN2OS. The molecule has 2 aromatic heterocycles. The van der Waals surface area contributed by atoms with Gasteiger partial charge in [-0.3, -0.25) is 4.79 Å². The van der Waals surface area contributed by atoms with Crippen molar-refractivity contribution in [2.45, 2.75) is 13.5 Å². The molecule has 0 atom stereocenters. The standard InChI is InChI=1S/C13H12BrClN2OS/c1-8-3-4-19-11(8)7-17(2)13(18)10-5-9(14)6-16-12(10)15/h3-6H,7H2,1-2H3. The van der Waals surface area contributed by atoms with Gasteiger partial charge >= 0.3 is 0 Å². The summed E-state index contributed by atoms with van der Waals surface area (Å²) in [5.41, 5.74) is 1.61. The summed E-state index contributed by atoms with van der Waals surface area (Å²) in [7, 11) is 1.76. The van der Waals surface area contributed by atoms with Crippen LogP contribution in [0.25, 0.3) is 0 Å². The van der Waals surface area contributed by atoms with Crippen molar-refractivity contribution in [1.82, 2.24) is 9.88 Å². The number of thiophene rings is 1. The van der Waals surface area contributed by atoms with E-state index in [4.69, 9.17) is 11.6 Å². The Kier molecular flexibility index (Phi) is 4.60. The van der Waals surface area contributed by atoms with Crippen LogP contribution in [0, 0.1) is 6.92 Å². The molecule has 0 saturated carbocycles. The van der Waals surface area contributed by atoms with Crippen molar-refractivity contribution in [3.05, 3.63) is 49.3 Å². The monoisotopic (exact) mass is 358 g/mol. The third-order valence-corrected chi connectivity index (χ3v) is 4.47. The van der Waals surface area contributed by atoms with E-state index in [0.717, 1.165) is 4.47 Å². The van der Waals surface area contributed by atoms with Crippen LogP contribution in [-0.2, 0) is 6.54 Å². The minimum atomic E-state index is -0.133. The van der Waals surface area contributed by atoms with Gasteiger partial charge in [-0.05, 0) is 45.9 Å². The van der Waals surface area contributed by atoms with Crippen LogP contribution in [0.2, 0.25) is 5.15 Å². The van der Waals surface area contributed by atoms with E-state index in [1.807, 2.05) is 18.4 Å². The number of amides is 1. The summed E-state index contributed by atoms with van der Waals surface area (Å²) in [4.78, 5) is 19.1. The van der Waals surface area contributed by atoms with Crippen molar-refractivity contribution in [2.24, 2.45) is 0 Å². The molecule has 2 aromatic rings. The molecule has 0 aliphatic carbocycles. The Hall–Kier alpha value is -0.910. The molecule has 6 heteroatoms. The first-order valence-corrected chi connectivity index (χ1v) is 7.63. The van der Waals surface area contributed by atoms with Gasteiger partial charge in [0.2, 0.25) is 0 Å². The number of carbonyl (C=O) groups excluding carboxylic acids is 1. The molecule has 0 saturated heterocycles. The van der Waals surface area contributed by atoms with Gasteiger partial charge in [-0.15, -0.1) is 11.3 Å². The van der Waals surface area contributed by atoms with Gasteiger partial charge in [0.25, 0.3) is 5.91 Å². The number of rotatable bonds is 3. The van der Waals surface area contributed by atoms with Gasteiger partial charge < -0.3 is 4.90 Å². The Bertz CT molecular complexity index is 614. The molecule has 2 heterocycles. The van der Waals surface area contributed by atoms with E-state index >= 15 is 0 Å². The van der Waals surface area contributed by atoms with E-state index in [1.54, 1.807) is 35.5 Å². The highest BCUT2D eigenvalue weighted by Gasteiger charge is 2.17. The van der Waals surface area contributed by atoms with E-state index < -0.39 is 0 Å². The maximum absolute atomic E-state index is 12.3. The lowest BCUT2D eigenvalue weighted by Gasteiger charge is -2.17. The van der Waals surface area contributed by atoms with Crippen molar-refractivity contribution in [3.63, 3.8) is 0 Å². The minimum Gasteiger partial charge on any atom is -0.336 e. The van der Waals surface area contributed by atoms with Crippen LogP contribution in [-0.4, -0.2) is 22.8 Å². The Morgan fingerprint density at radius 1 is 1.58 bits per heavy atom. The van der Waals surface area contributed by atoms with Crippen molar-refractivity contribution in [3.8, 4) is 0 Å². The van der Waals surface area contributed by atoms with Crippen LogP contribution in [0.4, 0.5) is 0 Å². The quantitative estimate of drug-likeness (QED) is 0.772. The molecule has 2 rings (SSSR count). The molecule has 19 heavy (non-hydrogen) atoms. The molecule has 0 aliphatic rings. The summed E-state index contributed by atoms with van der Waals surface area (Å²) in [6.07, 6.45) is 1.57. The van der Waals surface area contributed by atoms with Crippen LogP contribution in [0.5, 0.6) is 0 Å². The number of hydrogen-bond donors (Lipinski definition) is 0. The molecule has 1 amide bonds. The molecular weight excluding hydrogens is 348 g/mol. The van der Waals surface area contributed by atoms with Crippen molar-refractivity contribution < 1.29 is 4.79 Å². The zero-order valence-electron chi connectivity index (χ0n) is 10.5. The van der Waals surface area contributed by atoms with Gasteiger partial charge in [-0.2, -0.15) is 0 Å². The van der Waals surface area contributed by atoms with Crippen LogP contribution in [0.15, 0.2) is 28.2 Å². The van der Waals surface area contributed by atoms with Gasteiger partial charge in [0.05, 0.1) is 12.1 Å². The smallest absolute Gasteiger partial charge is 0.257 e. The van der Waals surface area contributed by atoms with Gasteiger partial charge in [-0.25, -0.2) is 4.98 Å². The van der Waals surface area contributed by atoms with Crippen LogP contribution < -0.4 is 0 Å². The number of carbonyl (C=O) groups is 1. The Morgan fingerprint density at radius 2 is 2.32 bits per heavy atom. The number of halogens is 2. The summed E-state index contributed by atoms with van der Waals surface area (Å²) < 4.78 is 0.737. The summed E-state index contributed by atoms with van der Waals surface area (Å²) in [6, 6.07) is 3.74. The van der Waals surface area contributed by atoms with Crippen LogP contribution >= 0.6 is 38.9 Å². The first-order valence-electron chi connectivity index (χ1n) is 5.58. The number of nitrogens with zero attached hydrogens (tertiary/aromatic N) is 2. The molecule has 100 valence electrons. The molecule has 3 nitrogen and oxygen atoms in total. The van der Waals surface area contributed by atoms with Crippen LogP contribution in [0.3, 0.4) is 0 Å². The number of pyridine rings is 1. The maximum Gasteiger partial charge on any atom is 0.257 e. The summed E-state index contributed by atoms with van der Waals surface area (Å²) in [5, 5.41) is 2.25. The summed E-state index contributed by atoms with van der Waals surface area (Å²) >= 11 is 10.9. The fraction of sp³-hybridized carbons (Fsp3) is 0.231. The fourth-order valence-corrected chi connectivity index (χ4v) is 3.11. The predicted octanol–water partition coefficient (Wildman–Crippen LogP) is 4.14. The molecule has 0 aliphatic heterocycles. The summed E-state index contributed by atoms with van der Waals surface area (Å²) in [6.45, 7) is 2.61. The largest absolute Gasteiger partial charge is 0.336 e. The average molecular weight is 360 g/mol. The van der Waals surface area contributed by atoms with Gasteiger partial charge in [0.15, 0.2) is 0 Å². The molecule has 0 aromatic carbocycles. The fourth-order valence-electron chi connectivity index (χ4n) is 1.63. The van der Waals surface area contributed by atoms with Crippen molar-refractivity contribution in [2.75, 3.05) is 7.05 Å². The van der Waals surface area contributed by atoms with E-state index in [1.165, 1.54) is 10.4 Å². The highest BCUT2D eigenvalue weighted by Crippen LogP contribution is 2.22. The van der Waals surface area contributed by atoms with Crippen molar-refractivity contribution >= 4 is 44.8 Å². The van der Waals surface area contributed by atoms with Crippen molar-refractivity contribution in [1.29, 1.82) is 0 Å². The average Bonchev–Trinajstić information content (AvgIpc) is 2.77. The normalized spacial score (nSPS) is 10.5. The SMILES string of the molecule is Cc1ccsc1CN(C)C(=O)c1cc(Br)cnc1Cl. The second-order valence-corrected chi connectivity index (χ2v) is 6.45. The van der Waals surface area contributed by atoms with Gasteiger partial charge in [0, 0.05) is 22.6 Å². The van der Waals surface area contributed by atoms with Crippen LogP contribution in [0.1, 0.15) is 20.8 Å². The lowest BCUT2D eigenvalue weighted by atomic mass is 10.2. The van der Waals surface area contributed by atoms with Gasteiger partial charge in [0.1, 0.15) is 5.15 Å². The molecule has 0 unspecified atom stereocenters. The zero-order chi connectivity index (χ0) is 14.0. The molecule has 0 N–H and O–H groups in total. The number of hydrogen-bond acceptors (Lipinski definition) is 3. The highest BCUT2D eigenvalue weighted by molar-refractivity contribution is 9.10. The number of aryl methyl sites for hydroxylation is 1. The first-order chi connectivity index (χ1) is 8.99. The van der Waals surface area contributed by atoms with E-state index in [9.17, 15) is 4.79 Å². The zero-order valence-corrected chi connectivity index (χ0v) is 13.6.